The Morgan fingerprint density at radius 3 is 2.75 bits per heavy atom. The molecule has 44 valence electrons. The van der Waals surface area contributed by atoms with E-state index < -0.39 is 0 Å². The molecular weight excluding hydrogens is 122 g/mol. The minimum Gasteiger partial charge on any atom is -0.367 e. The molecule has 1 unspecified atom stereocenters. The van der Waals surface area contributed by atoms with Crippen molar-refractivity contribution in [3.8, 4) is 0 Å². The van der Waals surface area contributed by atoms with Crippen molar-refractivity contribution >= 4 is 11.6 Å². The van der Waals surface area contributed by atoms with Gasteiger partial charge in [-0.3, -0.25) is 0 Å². The van der Waals surface area contributed by atoms with Gasteiger partial charge in [-0.25, -0.2) is 0 Å². The summed E-state index contributed by atoms with van der Waals surface area (Å²) in [4.78, 5) is 2.93. The van der Waals surface area contributed by atoms with Crippen molar-refractivity contribution < 1.29 is 0 Å². The average Bonchev–Trinajstić information content (AvgIpc) is 2.12. The van der Waals surface area contributed by atoms with E-state index in [1.54, 1.807) is 0 Å². The number of hydrogen-bond acceptors (Lipinski definition) is 0. The molecule has 0 saturated heterocycles. The minimum absolute atomic E-state index is 0.126. The Morgan fingerprint density at radius 2 is 2.50 bits per heavy atom. The summed E-state index contributed by atoms with van der Waals surface area (Å²) in [5, 5.41) is 0.126. The predicted molar refractivity (Wildman–Crippen MR) is 35.1 cm³/mol. The average molecular weight is 130 g/mol. The zero-order valence-electron chi connectivity index (χ0n) is 4.69. The lowest BCUT2D eigenvalue weighted by atomic mass is 10.3. The highest BCUT2D eigenvalue weighted by molar-refractivity contribution is 6.20. The van der Waals surface area contributed by atoms with Gasteiger partial charge in [-0.2, -0.15) is 0 Å². The second-order valence-electron chi connectivity index (χ2n) is 1.76. The maximum atomic E-state index is 5.72. The number of hydrogen-bond donors (Lipinski definition) is 1. The van der Waals surface area contributed by atoms with Crippen LogP contribution in [0.4, 0.5) is 0 Å². The van der Waals surface area contributed by atoms with Crippen molar-refractivity contribution in [1.29, 1.82) is 0 Å². The van der Waals surface area contributed by atoms with Crippen molar-refractivity contribution in [2.75, 3.05) is 0 Å². The van der Waals surface area contributed by atoms with E-state index in [0.717, 1.165) is 5.56 Å². The fraction of sp³-hybridized carbons (Fsp3) is 0.333. The van der Waals surface area contributed by atoms with Gasteiger partial charge in [0.05, 0.1) is 5.38 Å². The van der Waals surface area contributed by atoms with E-state index in [4.69, 9.17) is 11.6 Å². The van der Waals surface area contributed by atoms with Gasteiger partial charge in [0.2, 0.25) is 0 Å². The molecule has 0 aliphatic rings. The highest BCUT2D eigenvalue weighted by Gasteiger charge is 1.97. The molecule has 1 rings (SSSR count). The molecule has 0 fully saturated rings. The van der Waals surface area contributed by atoms with Gasteiger partial charge >= 0.3 is 0 Å². The first-order valence-electron chi connectivity index (χ1n) is 2.57. The van der Waals surface area contributed by atoms with E-state index in [1.165, 1.54) is 0 Å². The van der Waals surface area contributed by atoms with Gasteiger partial charge in [-0.1, -0.05) is 0 Å². The van der Waals surface area contributed by atoms with Crippen LogP contribution in [-0.2, 0) is 0 Å². The van der Waals surface area contributed by atoms with Gasteiger partial charge in [0, 0.05) is 12.4 Å². The van der Waals surface area contributed by atoms with Gasteiger partial charge in [0.15, 0.2) is 0 Å². The molecule has 8 heavy (non-hydrogen) atoms. The van der Waals surface area contributed by atoms with Crippen molar-refractivity contribution in [2.45, 2.75) is 12.3 Å². The minimum atomic E-state index is 0.126. The normalized spacial score (nSPS) is 13.8. The fourth-order valence-corrected chi connectivity index (χ4v) is 0.720. The summed E-state index contributed by atoms with van der Waals surface area (Å²) < 4.78 is 0. The lowest BCUT2D eigenvalue weighted by Crippen LogP contribution is -1.75. The molecule has 1 heterocycles. The Bertz CT molecular complexity index is 144. The second-order valence-corrected chi connectivity index (χ2v) is 2.41. The molecule has 1 atom stereocenters. The Hall–Kier alpha value is -0.430. The van der Waals surface area contributed by atoms with E-state index in [1.807, 2.05) is 25.4 Å². The van der Waals surface area contributed by atoms with Crippen LogP contribution >= 0.6 is 11.6 Å². The third-order valence-electron chi connectivity index (χ3n) is 1.08. The molecule has 0 aromatic carbocycles. The van der Waals surface area contributed by atoms with Crippen LogP contribution in [0.15, 0.2) is 18.5 Å². The molecule has 1 nitrogen and oxygen atoms in total. The summed E-state index contributed by atoms with van der Waals surface area (Å²) in [7, 11) is 0. The van der Waals surface area contributed by atoms with E-state index in [-0.39, 0.29) is 5.38 Å². The first-order valence-corrected chi connectivity index (χ1v) is 3.01. The Morgan fingerprint density at radius 1 is 1.75 bits per heavy atom. The van der Waals surface area contributed by atoms with Crippen LogP contribution < -0.4 is 0 Å². The van der Waals surface area contributed by atoms with Crippen molar-refractivity contribution in [2.24, 2.45) is 0 Å². The van der Waals surface area contributed by atoms with Crippen LogP contribution in [0.2, 0.25) is 0 Å². The standard InChI is InChI=1S/C6H8ClN/c1-5(7)6-2-3-8-4-6/h2-5,8H,1H3. The van der Waals surface area contributed by atoms with Gasteiger partial charge in [0.1, 0.15) is 0 Å². The van der Waals surface area contributed by atoms with Crippen LogP contribution in [-0.4, -0.2) is 4.98 Å². The lowest BCUT2D eigenvalue weighted by Gasteiger charge is -1.93. The smallest absolute Gasteiger partial charge is 0.0571 e. The molecule has 2 heteroatoms. The van der Waals surface area contributed by atoms with Crippen LogP contribution in [0, 0.1) is 0 Å². The Balaban J connectivity index is 2.77. The van der Waals surface area contributed by atoms with Crippen LogP contribution in [0.25, 0.3) is 0 Å². The predicted octanol–water partition coefficient (Wildman–Crippen LogP) is 2.31. The van der Waals surface area contributed by atoms with E-state index in [9.17, 15) is 0 Å². The zero-order valence-corrected chi connectivity index (χ0v) is 5.44. The molecule has 0 saturated carbocycles. The molecule has 0 amide bonds. The number of halogens is 1. The molecule has 0 bridgehead atoms. The summed E-state index contributed by atoms with van der Waals surface area (Å²) in [5.74, 6) is 0. The van der Waals surface area contributed by atoms with Gasteiger partial charge in [-0.15, -0.1) is 11.6 Å². The number of nitrogens with one attached hydrogen (secondary N) is 1. The molecule has 0 aliphatic carbocycles. The van der Waals surface area contributed by atoms with Crippen molar-refractivity contribution in [1.82, 2.24) is 4.98 Å². The van der Waals surface area contributed by atoms with Gasteiger partial charge in [-0.05, 0) is 18.6 Å². The van der Waals surface area contributed by atoms with E-state index >= 15 is 0 Å². The van der Waals surface area contributed by atoms with Gasteiger partial charge in [0.25, 0.3) is 0 Å². The summed E-state index contributed by atoms with van der Waals surface area (Å²) in [6, 6.07) is 1.97. The monoisotopic (exact) mass is 129 g/mol. The summed E-state index contributed by atoms with van der Waals surface area (Å²) in [6.07, 6.45) is 3.77. The molecule has 1 aromatic heterocycles. The van der Waals surface area contributed by atoms with Crippen molar-refractivity contribution in [3.63, 3.8) is 0 Å². The zero-order chi connectivity index (χ0) is 5.98. The number of aromatic nitrogens is 1. The Kier molecular flexibility index (Phi) is 1.59. The number of rotatable bonds is 1. The maximum Gasteiger partial charge on any atom is 0.0571 e. The largest absolute Gasteiger partial charge is 0.367 e. The first kappa shape index (κ1) is 5.70. The van der Waals surface area contributed by atoms with E-state index in [2.05, 4.69) is 4.98 Å². The number of aromatic amines is 1. The summed E-state index contributed by atoms with van der Waals surface area (Å²) >= 11 is 5.72. The molecule has 0 aliphatic heterocycles. The maximum absolute atomic E-state index is 5.72. The second kappa shape index (κ2) is 2.23. The Labute approximate surface area is 53.7 Å². The fourth-order valence-electron chi connectivity index (χ4n) is 0.584. The third-order valence-corrected chi connectivity index (χ3v) is 1.33. The van der Waals surface area contributed by atoms with E-state index in [0.29, 0.717) is 0 Å². The molecule has 1 aromatic rings. The van der Waals surface area contributed by atoms with Crippen LogP contribution in [0.3, 0.4) is 0 Å². The summed E-state index contributed by atoms with van der Waals surface area (Å²) in [5.41, 5.74) is 1.15. The molecule has 0 spiro atoms. The number of alkyl halides is 1. The molecule has 0 radical (unpaired) electrons. The lowest BCUT2D eigenvalue weighted by molar-refractivity contribution is 1.09. The molecule has 1 N–H and O–H groups in total. The highest BCUT2D eigenvalue weighted by Crippen LogP contribution is 2.16. The van der Waals surface area contributed by atoms with Crippen molar-refractivity contribution in [3.05, 3.63) is 24.0 Å². The molecular formula is C6H8ClN. The topological polar surface area (TPSA) is 15.8 Å². The summed E-state index contributed by atoms with van der Waals surface area (Å²) in [6.45, 7) is 1.95. The highest BCUT2D eigenvalue weighted by atomic mass is 35.5. The number of H-pyrrole nitrogens is 1. The van der Waals surface area contributed by atoms with Crippen LogP contribution in [0.5, 0.6) is 0 Å². The SMILES string of the molecule is CC(Cl)c1cc[nH]c1. The van der Waals surface area contributed by atoms with Crippen LogP contribution in [0.1, 0.15) is 17.9 Å². The van der Waals surface area contributed by atoms with Gasteiger partial charge < -0.3 is 4.98 Å². The third kappa shape index (κ3) is 1.04. The quantitative estimate of drug-likeness (QED) is 0.560. The first-order chi connectivity index (χ1) is 3.80.